The van der Waals surface area contributed by atoms with Crippen LogP contribution in [-0.4, -0.2) is 47.4 Å². The van der Waals surface area contributed by atoms with Crippen molar-refractivity contribution in [1.82, 2.24) is 5.32 Å². The Labute approximate surface area is 429 Å². The van der Waals surface area contributed by atoms with E-state index in [4.69, 9.17) is 4.74 Å². The predicted octanol–water partition coefficient (Wildman–Crippen LogP) is 19.0. The summed E-state index contributed by atoms with van der Waals surface area (Å²) in [6.07, 6.45) is 74.0. The summed E-state index contributed by atoms with van der Waals surface area (Å²) < 4.78 is 5.47. The van der Waals surface area contributed by atoms with Crippen molar-refractivity contribution in [3.05, 3.63) is 48.6 Å². The van der Waals surface area contributed by atoms with Crippen molar-refractivity contribution in [2.75, 3.05) is 13.2 Å². The number of aliphatic hydroxyl groups is 2. The Kier molecular flexibility index (Phi) is 56.5. The van der Waals surface area contributed by atoms with E-state index in [1.54, 1.807) is 0 Å². The number of esters is 1. The zero-order valence-corrected chi connectivity index (χ0v) is 46.0. The van der Waals surface area contributed by atoms with E-state index in [1.165, 1.54) is 225 Å². The zero-order valence-electron chi connectivity index (χ0n) is 46.0. The Morgan fingerprint density at radius 3 is 1.13 bits per heavy atom. The number of aliphatic hydroxyl groups excluding tert-OH is 2. The van der Waals surface area contributed by atoms with Crippen LogP contribution in [0, 0.1) is 0 Å². The van der Waals surface area contributed by atoms with Crippen LogP contribution in [0.3, 0.4) is 0 Å². The molecule has 1 amide bonds. The van der Waals surface area contributed by atoms with Gasteiger partial charge in [0.2, 0.25) is 5.91 Å². The van der Waals surface area contributed by atoms with Gasteiger partial charge in [-0.15, -0.1) is 0 Å². The second-order valence-corrected chi connectivity index (χ2v) is 20.7. The van der Waals surface area contributed by atoms with Crippen molar-refractivity contribution < 1.29 is 24.5 Å². The molecule has 2 atom stereocenters. The van der Waals surface area contributed by atoms with Gasteiger partial charge in [-0.25, -0.2) is 0 Å². The second kappa shape index (κ2) is 58.4. The molecule has 0 rings (SSSR count). The van der Waals surface area contributed by atoms with Crippen molar-refractivity contribution >= 4 is 11.9 Å². The van der Waals surface area contributed by atoms with Gasteiger partial charge >= 0.3 is 5.97 Å². The van der Waals surface area contributed by atoms with E-state index >= 15 is 0 Å². The minimum absolute atomic E-state index is 0.00543. The van der Waals surface area contributed by atoms with E-state index in [0.29, 0.717) is 25.9 Å². The van der Waals surface area contributed by atoms with Gasteiger partial charge in [-0.3, -0.25) is 9.59 Å². The van der Waals surface area contributed by atoms with Gasteiger partial charge in [0, 0.05) is 12.8 Å². The fourth-order valence-electron chi connectivity index (χ4n) is 9.17. The van der Waals surface area contributed by atoms with Gasteiger partial charge in [0.15, 0.2) is 0 Å². The first kappa shape index (κ1) is 66.8. The molecule has 404 valence electrons. The summed E-state index contributed by atoms with van der Waals surface area (Å²) in [5.74, 6) is -0.0473. The molecular formula is C63H117NO5. The summed E-state index contributed by atoms with van der Waals surface area (Å²) in [7, 11) is 0. The van der Waals surface area contributed by atoms with Gasteiger partial charge < -0.3 is 20.3 Å². The van der Waals surface area contributed by atoms with Crippen LogP contribution in [0.5, 0.6) is 0 Å². The molecule has 0 bridgehead atoms. The normalized spacial score (nSPS) is 12.9. The monoisotopic (exact) mass is 968 g/mol. The van der Waals surface area contributed by atoms with Crippen molar-refractivity contribution in [1.29, 1.82) is 0 Å². The van der Waals surface area contributed by atoms with Gasteiger partial charge in [0.1, 0.15) is 0 Å². The first-order valence-corrected chi connectivity index (χ1v) is 30.4. The Hall–Kier alpha value is -2.18. The van der Waals surface area contributed by atoms with E-state index in [1.807, 2.05) is 0 Å². The van der Waals surface area contributed by atoms with E-state index in [0.717, 1.165) is 57.8 Å². The maximum Gasteiger partial charge on any atom is 0.305 e. The number of unbranched alkanes of at least 4 members (excludes halogenated alkanes) is 37. The lowest BCUT2D eigenvalue weighted by atomic mass is 10.0. The largest absolute Gasteiger partial charge is 0.466 e. The van der Waals surface area contributed by atoms with Gasteiger partial charge in [0.05, 0.1) is 25.4 Å². The number of hydrogen-bond acceptors (Lipinski definition) is 5. The van der Waals surface area contributed by atoms with Crippen LogP contribution in [0.1, 0.15) is 316 Å². The lowest BCUT2D eigenvalue weighted by molar-refractivity contribution is -0.143. The number of hydrogen-bond donors (Lipinski definition) is 3. The Morgan fingerprint density at radius 1 is 0.406 bits per heavy atom. The summed E-state index contributed by atoms with van der Waals surface area (Å²) in [6.45, 7) is 4.91. The molecule has 6 heteroatoms. The molecule has 0 aliphatic rings. The molecule has 0 saturated carbocycles. The van der Waals surface area contributed by atoms with Gasteiger partial charge in [-0.05, 0) is 89.9 Å². The summed E-state index contributed by atoms with van der Waals surface area (Å²) in [4.78, 5) is 24.5. The molecule has 0 aliphatic heterocycles. The maximum absolute atomic E-state index is 12.5. The molecule has 69 heavy (non-hydrogen) atoms. The number of allylic oxidation sites excluding steroid dienone is 8. The van der Waals surface area contributed by atoms with Crippen molar-refractivity contribution in [2.24, 2.45) is 0 Å². The number of ether oxygens (including phenoxy) is 1. The van der Waals surface area contributed by atoms with Crippen LogP contribution in [0.2, 0.25) is 0 Å². The van der Waals surface area contributed by atoms with Crippen molar-refractivity contribution in [2.45, 2.75) is 328 Å². The van der Waals surface area contributed by atoms with Crippen LogP contribution in [0.15, 0.2) is 48.6 Å². The van der Waals surface area contributed by atoms with Gasteiger partial charge in [-0.1, -0.05) is 262 Å². The second-order valence-electron chi connectivity index (χ2n) is 20.7. The number of amides is 1. The van der Waals surface area contributed by atoms with Crippen LogP contribution in [-0.2, 0) is 14.3 Å². The minimum Gasteiger partial charge on any atom is -0.466 e. The standard InChI is InChI=1S/C63H117NO5/c1-3-5-7-9-11-13-15-17-29-33-37-41-45-49-53-57-63(68)69-58-54-50-46-42-38-34-31-28-26-24-22-20-18-19-21-23-25-27-30-32-36-40-44-48-52-56-62(67)64-60(59-65)61(66)55-51-47-43-39-35-16-14-12-10-8-6-4-2/h11,13,17,19-22,29,60-61,65-66H,3-10,12,14-16,18,23-28,30-59H2,1-2H3,(H,64,67)/b13-11-,21-19-,22-20-,29-17-. The van der Waals surface area contributed by atoms with Gasteiger partial charge in [0.25, 0.3) is 0 Å². The molecule has 0 aliphatic carbocycles. The molecule has 0 aromatic rings. The van der Waals surface area contributed by atoms with E-state index in [2.05, 4.69) is 67.8 Å². The van der Waals surface area contributed by atoms with E-state index in [9.17, 15) is 19.8 Å². The minimum atomic E-state index is -0.668. The molecule has 0 fully saturated rings. The molecule has 0 spiro atoms. The SMILES string of the molecule is CCCCC/C=C\C/C=C\CCCCCCCC(=O)OCCCCCCCCCCC/C=C\C/C=C\CCCCCCCCCCCC(=O)NC(CO)C(O)CCCCCCCCCCCCCC. The molecule has 3 N–H and O–H groups in total. The first-order valence-electron chi connectivity index (χ1n) is 30.4. The van der Waals surface area contributed by atoms with Crippen LogP contribution >= 0.6 is 0 Å². The number of carbonyl (C=O) groups is 2. The third-order valence-corrected chi connectivity index (χ3v) is 13.9. The van der Waals surface area contributed by atoms with E-state index < -0.39 is 12.1 Å². The fraction of sp³-hybridized carbons (Fsp3) is 0.841. The lowest BCUT2D eigenvalue weighted by Crippen LogP contribution is -2.45. The highest BCUT2D eigenvalue weighted by Crippen LogP contribution is 2.16. The molecule has 0 heterocycles. The quantitative estimate of drug-likeness (QED) is 0.0321. The average Bonchev–Trinajstić information content (AvgIpc) is 3.35. The van der Waals surface area contributed by atoms with Crippen LogP contribution < -0.4 is 5.32 Å². The summed E-state index contributed by atoms with van der Waals surface area (Å²) in [6, 6.07) is -0.546. The molecule has 6 nitrogen and oxygen atoms in total. The number of nitrogens with one attached hydrogen (secondary N) is 1. The van der Waals surface area contributed by atoms with Crippen molar-refractivity contribution in [3.8, 4) is 0 Å². The summed E-state index contributed by atoms with van der Waals surface area (Å²) >= 11 is 0. The maximum atomic E-state index is 12.5. The Balaban J connectivity index is 3.43. The molecule has 0 aromatic carbocycles. The molecular weight excluding hydrogens is 851 g/mol. The molecule has 2 unspecified atom stereocenters. The number of carbonyl (C=O) groups excluding carboxylic acids is 2. The molecule has 0 saturated heterocycles. The van der Waals surface area contributed by atoms with Crippen LogP contribution in [0.4, 0.5) is 0 Å². The van der Waals surface area contributed by atoms with E-state index in [-0.39, 0.29) is 18.5 Å². The zero-order chi connectivity index (χ0) is 50.0. The van der Waals surface area contributed by atoms with Gasteiger partial charge in [-0.2, -0.15) is 0 Å². The average molecular weight is 969 g/mol. The summed E-state index contributed by atoms with van der Waals surface area (Å²) in [5.41, 5.74) is 0. The van der Waals surface area contributed by atoms with Crippen LogP contribution in [0.25, 0.3) is 0 Å². The Morgan fingerprint density at radius 2 is 0.725 bits per heavy atom. The fourth-order valence-corrected chi connectivity index (χ4v) is 9.17. The topological polar surface area (TPSA) is 95.9 Å². The third kappa shape index (κ3) is 55.0. The Bertz CT molecular complexity index is 1160. The highest BCUT2D eigenvalue weighted by Gasteiger charge is 2.20. The lowest BCUT2D eigenvalue weighted by Gasteiger charge is -2.22. The highest BCUT2D eigenvalue weighted by molar-refractivity contribution is 5.76. The smallest absolute Gasteiger partial charge is 0.305 e. The number of rotatable bonds is 56. The molecule has 0 aromatic heterocycles. The third-order valence-electron chi connectivity index (χ3n) is 13.9. The summed E-state index contributed by atoms with van der Waals surface area (Å²) in [5, 5.41) is 23.2. The molecule has 0 radical (unpaired) electrons. The predicted molar refractivity (Wildman–Crippen MR) is 301 cm³/mol. The first-order chi connectivity index (χ1) is 34.0. The highest BCUT2D eigenvalue weighted by atomic mass is 16.5. The van der Waals surface area contributed by atoms with Crippen molar-refractivity contribution in [3.63, 3.8) is 0 Å².